The van der Waals surface area contributed by atoms with E-state index in [0.717, 1.165) is 0 Å². The lowest BCUT2D eigenvalue weighted by atomic mass is 9.87. The van der Waals surface area contributed by atoms with Crippen LogP contribution in [0.25, 0.3) is 5.69 Å². The minimum Gasteiger partial charge on any atom is -0.484 e. The zero-order chi connectivity index (χ0) is 21.0. The van der Waals surface area contributed by atoms with E-state index in [-0.39, 0.29) is 30.3 Å². The largest absolute Gasteiger partial charge is 0.484 e. The third-order valence-electron chi connectivity index (χ3n) is 4.68. The minimum absolute atomic E-state index is 0.0668. The quantitative estimate of drug-likeness (QED) is 0.677. The van der Waals surface area contributed by atoms with Crippen molar-refractivity contribution < 1.29 is 13.9 Å². The Morgan fingerprint density at radius 1 is 1.17 bits per heavy atom. The molecule has 6 heteroatoms. The summed E-state index contributed by atoms with van der Waals surface area (Å²) >= 11 is 0. The lowest BCUT2D eigenvalue weighted by Crippen LogP contribution is -2.28. The summed E-state index contributed by atoms with van der Waals surface area (Å²) in [6.07, 6.45) is 3.33. The van der Waals surface area contributed by atoms with Crippen molar-refractivity contribution in [3.63, 3.8) is 0 Å². The lowest BCUT2D eigenvalue weighted by molar-refractivity contribution is -0.123. The summed E-state index contributed by atoms with van der Waals surface area (Å²) in [4.78, 5) is 16.2. The van der Waals surface area contributed by atoms with E-state index in [0.29, 0.717) is 22.8 Å². The molecule has 0 aliphatic heterocycles. The summed E-state index contributed by atoms with van der Waals surface area (Å²) in [6, 6.07) is 12.6. The Kier molecular flexibility index (Phi) is 6.01. The van der Waals surface area contributed by atoms with E-state index in [9.17, 15) is 9.18 Å². The molecule has 0 aliphatic rings. The van der Waals surface area contributed by atoms with Gasteiger partial charge in [-0.3, -0.25) is 4.79 Å². The van der Waals surface area contributed by atoms with Gasteiger partial charge in [0.2, 0.25) is 0 Å². The van der Waals surface area contributed by atoms with Crippen molar-refractivity contribution in [2.75, 3.05) is 6.61 Å². The molecule has 0 atom stereocenters. The Labute approximate surface area is 170 Å². The van der Waals surface area contributed by atoms with Crippen molar-refractivity contribution in [1.29, 1.82) is 0 Å². The molecule has 0 saturated carbocycles. The van der Waals surface area contributed by atoms with Crippen LogP contribution in [0.5, 0.6) is 5.75 Å². The van der Waals surface area contributed by atoms with Crippen LogP contribution in [0.2, 0.25) is 0 Å². The first-order valence-corrected chi connectivity index (χ1v) is 9.53. The third-order valence-corrected chi connectivity index (χ3v) is 4.68. The normalized spacial score (nSPS) is 11.3. The van der Waals surface area contributed by atoms with Gasteiger partial charge in [-0.2, -0.15) is 0 Å². The molecular formula is C23H26FN3O2. The van der Waals surface area contributed by atoms with Crippen LogP contribution < -0.4 is 10.1 Å². The molecule has 0 aliphatic carbocycles. The van der Waals surface area contributed by atoms with Gasteiger partial charge >= 0.3 is 0 Å². The molecule has 3 aromatic rings. The van der Waals surface area contributed by atoms with E-state index in [2.05, 4.69) is 31.1 Å². The molecule has 5 nitrogen and oxygen atoms in total. The minimum atomic E-state index is -0.368. The van der Waals surface area contributed by atoms with E-state index in [4.69, 9.17) is 4.74 Å². The molecule has 1 amide bonds. The number of nitrogens with one attached hydrogen (secondary N) is 1. The second-order valence-corrected chi connectivity index (χ2v) is 7.97. The standard InChI is InChI=1S/C23H26FN3O2/c1-16-25-11-12-27(16)21-10-5-17(13-20(21)24)14-26-22(28)15-29-19-8-6-18(7-9-19)23(2,3)4/h5-13H,14-15H2,1-4H3,(H,26,28). The number of hydrogen-bond acceptors (Lipinski definition) is 3. The highest BCUT2D eigenvalue weighted by molar-refractivity contribution is 5.77. The second-order valence-electron chi connectivity index (χ2n) is 7.97. The van der Waals surface area contributed by atoms with Crippen LogP contribution in [0.1, 0.15) is 37.7 Å². The number of nitrogens with zero attached hydrogens (tertiary/aromatic N) is 2. The lowest BCUT2D eigenvalue weighted by Gasteiger charge is -2.19. The average Bonchev–Trinajstić information content (AvgIpc) is 3.10. The summed E-state index contributed by atoms with van der Waals surface area (Å²) in [6.45, 7) is 8.37. The molecule has 1 N–H and O–H groups in total. The van der Waals surface area contributed by atoms with Crippen LogP contribution in [0.4, 0.5) is 4.39 Å². The van der Waals surface area contributed by atoms with Crippen LogP contribution in [0.15, 0.2) is 54.9 Å². The first-order valence-electron chi connectivity index (χ1n) is 9.53. The van der Waals surface area contributed by atoms with Crippen molar-refractivity contribution in [3.05, 3.63) is 77.6 Å². The molecule has 2 aromatic carbocycles. The molecule has 0 unspecified atom stereocenters. The number of ether oxygens (including phenoxy) is 1. The SMILES string of the molecule is Cc1nccn1-c1ccc(CNC(=O)COc2ccc(C(C)(C)C)cc2)cc1F. The number of imidazole rings is 1. The van der Waals surface area contributed by atoms with Crippen LogP contribution in [0.3, 0.4) is 0 Å². The number of hydrogen-bond donors (Lipinski definition) is 1. The van der Waals surface area contributed by atoms with Gasteiger partial charge < -0.3 is 14.6 Å². The number of carbonyl (C=O) groups is 1. The predicted octanol–water partition coefficient (Wildman–Crippen LogP) is 4.31. The van der Waals surface area contributed by atoms with Gasteiger partial charge in [-0.1, -0.05) is 39.0 Å². The highest BCUT2D eigenvalue weighted by atomic mass is 19.1. The van der Waals surface area contributed by atoms with E-state index >= 15 is 0 Å². The molecule has 1 aromatic heterocycles. The van der Waals surface area contributed by atoms with Gasteiger partial charge in [0.1, 0.15) is 17.4 Å². The molecule has 1 heterocycles. The molecule has 0 spiro atoms. The maximum atomic E-state index is 14.4. The zero-order valence-corrected chi connectivity index (χ0v) is 17.2. The monoisotopic (exact) mass is 395 g/mol. The van der Waals surface area contributed by atoms with Crippen molar-refractivity contribution in [3.8, 4) is 11.4 Å². The number of carbonyl (C=O) groups excluding carboxylic acids is 1. The molecule has 0 bridgehead atoms. The fourth-order valence-corrected chi connectivity index (χ4v) is 2.94. The van der Waals surface area contributed by atoms with Crippen molar-refractivity contribution in [2.24, 2.45) is 0 Å². The van der Waals surface area contributed by atoms with Crippen LogP contribution in [-0.2, 0) is 16.8 Å². The fraction of sp³-hybridized carbons (Fsp3) is 0.304. The average molecular weight is 395 g/mol. The Balaban J connectivity index is 1.52. The second kappa shape index (κ2) is 8.47. The van der Waals surface area contributed by atoms with Crippen LogP contribution in [0, 0.1) is 12.7 Å². The maximum absolute atomic E-state index is 14.4. The van der Waals surface area contributed by atoms with E-state index in [1.807, 2.05) is 31.2 Å². The van der Waals surface area contributed by atoms with Crippen molar-refractivity contribution in [1.82, 2.24) is 14.9 Å². The molecular weight excluding hydrogens is 369 g/mol. The van der Waals surface area contributed by atoms with E-state index in [1.54, 1.807) is 29.1 Å². The highest BCUT2D eigenvalue weighted by Crippen LogP contribution is 2.24. The number of amides is 1. The van der Waals surface area contributed by atoms with Crippen LogP contribution >= 0.6 is 0 Å². The summed E-state index contributed by atoms with van der Waals surface area (Å²) in [7, 11) is 0. The maximum Gasteiger partial charge on any atom is 0.258 e. The first kappa shape index (κ1) is 20.6. The van der Waals surface area contributed by atoms with Crippen LogP contribution in [-0.4, -0.2) is 22.1 Å². The Morgan fingerprint density at radius 3 is 2.48 bits per heavy atom. The molecule has 152 valence electrons. The Morgan fingerprint density at radius 2 is 1.90 bits per heavy atom. The van der Waals surface area contributed by atoms with Gasteiger partial charge in [-0.15, -0.1) is 0 Å². The van der Waals surface area contributed by atoms with Crippen molar-refractivity contribution in [2.45, 2.75) is 39.7 Å². The summed E-state index contributed by atoms with van der Waals surface area (Å²) in [5.74, 6) is 0.713. The smallest absolute Gasteiger partial charge is 0.258 e. The number of benzene rings is 2. The fourth-order valence-electron chi connectivity index (χ4n) is 2.94. The Hall–Kier alpha value is -3.15. The van der Waals surface area contributed by atoms with Gasteiger partial charge in [-0.05, 0) is 47.7 Å². The summed E-state index contributed by atoms with van der Waals surface area (Å²) < 4.78 is 21.6. The Bertz CT molecular complexity index is 988. The van der Waals surface area contributed by atoms with Gasteiger partial charge in [-0.25, -0.2) is 9.37 Å². The molecule has 0 saturated heterocycles. The van der Waals surface area contributed by atoms with E-state index < -0.39 is 0 Å². The number of aryl methyl sites for hydroxylation is 1. The topological polar surface area (TPSA) is 56.2 Å². The summed E-state index contributed by atoms with van der Waals surface area (Å²) in [5, 5.41) is 2.75. The van der Waals surface area contributed by atoms with E-state index in [1.165, 1.54) is 11.6 Å². The molecule has 29 heavy (non-hydrogen) atoms. The number of halogens is 1. The molecule has 0 radical (unpaired) electrons. The highest BCUT2D eigenvalue weighted by Gasteiger charge is 2.13. The molecule has 3 rings (SSSR count). The van der Waals surface area contributed by atoms with Crippen molar-refractivity contribution >= 4 is 5.91 Å². The number of rotatable bonds is 6. The van der Waals surface area contributed by atoms with Gasteiger partial charge in [0.15, 0.2) is 6.61 Å². The van der Waals surface area contributed by atoms with Gasteiger partial charge in [0, 0.05) is 18.9 Å². The number of aromatic nitrogens is 2. The summed E-state index contributed by atoms with van der Waals surface area (Å²) in [5.41, 5.74) is 2.37. The zero-order valence-electron chi connectivity index (χ0n) is 17.2. The molecule has 0 fully saturated rings. The predicted molar refractivity (Wildman–Crippen MR) is 111 cm³/mol. The van der Waals surface area contributed by atoms with Gasteiger partial charge in [0.25, 0.3) is 5.91 Å². The van der Waals surface area contributed by atoms with Gasteiger partial charge in [0.05, 0.1) is 5.69 Å². The third kappa shape index (κ3) is 5.22. The first-order chi connectivity index (χ1) is 13.7.